The van der Waals surface area contributed by atoms with Gasteiger partial charge in [0.15, 0.2) is 0 Å². The minimum Gasteiger partial charge on any atom is -0.361 e. The quantitative estimate of drug-likeness (QED) is 0.736. The van der Waals surface area contributed by atoms with Crippen molar-refractivity contribution in [3.63, 3.8) is 0 Å². The Hall–Kier alpha value is -2.29. The molecule has 3 heteroatoms. The fourth-order valence-electron chi connectivity index (χ4n) is 2.52. The predicted molar refractivity (Wildman–Crippen MR) is 88.2 cm³/mol. The SMILES string of the molecule is C=CCN(CC=C)C(=O)CCCc1c[nH]c2ccccc12. The number of amides is 1. The highest BCUT2D eigenvalue weighted by Crippen LogP contribution is 2.19. The lowest BCUT2D eigenvalue weighted by Crippen LogP contribution is -2.31. The lowest BCUT2D eigenvalue weighted by Gasteiger charge is -2.19. The van der Waals surface area contributed by atoms with Crippen LogP contribution in [0.1, 0.15) is 18.4 Å². The summed E-state index contributed by atoms with van der Waals surface area (Å²) in [6.07, 6.45) is 7.86. The molecular formula is C18H22N2O. The van der Waals surface area contributed by atoms with Crippen molar-refractivity contribution in [3.05, 3.63) is 61.3 Å². The first-order valence-electron chi connectivity index (χ1n) is 7.30. The number of aromatic amines is 1. The van der Waals surface area contributed by atoms with Gasteiger partial charge >= 0.3 is 0 Å². The summed E-state index contributed by atoms with van der Waals surface area (Å²) in [7, 11) is 0. The molecule has 0 spiro atoms. The first-order chi connectivity index (χ1) is 10.3. The van der Waals surface area contributed by atoms with Gasteiger partial charge in [-0.3, -0.25) is 4.79 Å². The number of H-pyrrole nitrogens is 1. The van der Waals surface area contributed by atoms with Crippen LogP contribution in [0.15, 0.2) is 55.8 Å². The standard InChI is InChI=1S/C18H22N2O/c1-3-12-20(13-4-2)18(21)11-7-8-15-14-19-17-10-6-5-9-16(15)17/h3-6,9-10,14,19H,1-2,7-8,11-13H2. The third kappa shape index (κ3) is 3.85. The van der Waals surface area contributed by atoms with Crippen LogP contribution >= 0.6 is 0 Å². The number of fused-ring (bicyclic) bond motifs is 1. The maximum atomic E-state index is 12.1. The molecule has 1 N–H and O–H groups in total. The normalized spacial score (nSPS) is 10.5. The smallest absolute Gasteiger partial charge is 0.223 e. The van der Waals surface area contributed by atoms with Gasteiger partial charge in [0.1, 0.15) is 0 Å². The Morgan fingerprint density at radius 3 is 2.62 bits per heavy atom. The fourth-order valence-corrected chi connectivity index (χ4v) is 2.52. The van der Waals surface area contributed by atoms with E-state index in [1.807, 2.05) is 18.3 Å². The number of rotatable bonds is 8. The number of benzene rings is 1. The number of aryl methyl sites for hydroxylation is 1. The number of carbonyl (C=O) groups excluding carboxylic acids is 1. The molecule has 0 saturated heterocycles. The van der Waals surface area contributed by atoms with Crippen LogP contribution in [0.4, 0.5) is 0 Å². The van der Waals surface area contributed by atoms with Crippen molar-refractivity contribution in [2.24, 2.45) is 0 Å². The van der Waals surface area contributed by atoms with Crippen molar-refractivity contribution in [2.45, 2.75) is 19.3 Å². The number of hydrogen-bond donors (Lipinski definition) is 1. The van der Waals surface area contributed by atoms with Gasteiger partial charge in [0, 0.05) is 36.6 Å². The Balaban J connectivity index is 1.90. The van der Waals surface area contributed by atoms with E-state index < -0.39 is 0 Å². The van der Waals surface area contributed by atoms with Crippen LogP contribution in [-0.4, -0.2) is 28.9 Å². The van der Waals surface area contributed by atoms with Crippen LogP contribution in [-0.2, 0) is 11.2 Å². The van der Waals surface area contributed by atoms with Crippen LogP contribution in [0.25, 0.3) is 10.9 Å². The second-order valence-corrected chi connectivity index (χ2v) is 5.09. The molecule has 0 fully saturated rings. The van der Waals surface area contributed by atoms with Crippen molar-refractivity contribution in [2.75, 3.05) is 13.1 Å². The molecular weight excluding hydrogens is 260 g/mol. The number of nitrogens with zero attached hydrogens (tertiary/aromatic N) is 1. The summed E-state index contributed by atoms with van der Waals surface area (Å²) in [4.78, 5) is 17.2. The Morgan fingerprint density at radius 1 is 1.19 bits per heavy atom. The van der Waals surface area contributed by atoms with E-state index in [9.17, 15) is 4.79 Å². The van der Waals surface area contributed by atoms with Crippen LogP contribution in [0, 0.1) is 0 Å². The molecule has 0 aliphatic rings. The van der Waals surface area contributed by atoms with E-state index in [0.717, 1.165) is 18.4 Å². The number of para-hydroxylation sites is 1. The lowest BCUT2D eigenvalue weighted by molar-refractivity contribution is -0.130. The average molecular weight is 282 g/mol. The van der Waals surface area contributed by atoms with E-state index in [0.29, 0.717) is 19.5 Å². The van der Waals surface area contributed by atoms with Crippen molar-refractivity contribution in [3.8, 4) is 0 Å². The van der Waals surface area contributed by atoms with Gasteiger partial charge in [-0.1, -0.05) is 30.4 Å². The van der Waals surface area contributed by atoms with Gasteiger partial charge in [-0.2, -0.15) is 0 Å². The van der Waals surface area contributed by atoms with Gasteiger partial charge < -0.3 is 9.88 Å². The zero-order valence-electron chi connectivity index (χ0n) is 12.3. The molecule has 2 rings (SSSR count). The second kappa shape index (κ2) is 7.48. The zero-order valence-corrected chi connectivity index (χ0v) is 12.3. The van der Waals surface area contributed by atoms with Gasteiger partial charge in [-0.15, -0.1) is 13.2 Å². The average Bonchev–Trinajstić information content (AvgIpc) is 2.90. The summed E-state index contributed by atoms with van der Waals surface area (Å²) in [5.41, 5.74) is 2.43. The van der Waals surface area contributed by atoms with E-state index in [2.05, 4.69) is 30.3 Å². The van der Waals surface area contributed by atoms with Gasteiger partial charge in [0.05, 0.1) is 0 Å². The summed E-state index contributed by atoms with van der Waals surface area (Å²) >= 11 is 0. The van der Waals surface area contributed by atoms with Gasteiger partial charge in [0.25, 0.3) is 0 Å². The van der Waals surface area contributed by atoms with E-state index in [-0.39, 0.29) is 5.91 Å². The minimum atomic E-state index is 0.162. The molecule has 0 saturated carbocycles. The third-order valence-corrected chi connectivity index (χ3v) is 3.56. The van der Waals surface area contributed by atoms with Crippen LogP contribution in [0.3, 0.4) is 0 Å². The molecule has 1 aromatic carbocycles. The summed E-state index contributed by atoms with van der Waals surface area (Å²) < 4.78 is 0. The molecule has 0 bridgehead atoms. The molecule has 3 nitrogen and oxygen atoms in total. The molecule has 21 heavy (non-hydrogen) atoms. The van der Waals surface area contributed by atoms with E-state index in [1.54, 1.807) is 17.1 Å². The second-order valence-electron chi connectivity index (χ2n) is 5.09. The monoisotopic (exact) mass is 282 g/mol. The highest BCUT2D eigenvalue weighted by atomic mass is 16.2. The maximum Gasteiger partial charge on any atom is 0.223 e. The Bertz CT molecular complexity index is 617. The molecule has 1 amide bonds. The molecule has 2 aromatic rings. The largest absolute Gasteiger partial charge is 0.361 e. The Kier molecular flexibility index (Phi) is 5.38. The van der Waals surface area contributed by atoms with E-state index in [1.165, 1.54) is 10.9 Å². The zero-order chi connectivity index (χ0) is 15.1. The third-order valence-electron chi connectivity index (χ3n) is 3.56. The van der Waals surface area contributed by atoms with Crippen LogP contribution < -0.4 is 0 Å². The molecule has 0 aliphatic carbocycles. The molecule has 1 heterocycles. The van der Waals surface area contributed by atoms with Crippen molar-refractivity contribution in [1.82, 2.24) is 9.88 Å². The first-order valence-corrected chi connectivity index (χ1v) is 7.30. The summed E-state index contributed by atoms with van der Waals surface area (Å²) in [5.74, 6) is 0.162. The number of carbonyl (C=O) groups is 1. The molecule has 110 valence electrons. The van der Waals surface area contributed by atoms with Crippen LogP contribution in [0.2, 0.25) is 0 Å². The summed E-state index contributed by atoms with van der Waals surface area (Å²) in [5, 5.41) is 1.25. The predicted octanol–water partition coefficient (Wildman–Crippen LogP) is 3.69. The summed E-state index contributed by atoms with van der Waals surface area (Å²) in [6, 6.07) is 8.25. The maximum absolute atomic E-state index is 12.1. The summed E-state index contributed by atoms with van der Waals surface area (Å²) in [6.45, 7) is 8.54. The fraction of sp³-hybridized carbons (Fsp3) is 0.278. The highest BCUT2D eigenvalue weighted by Gasteiger charge is 2.10. The van der Waals surface area contributed by atoms with Crippen molar-refractivity contribution < 1.29 is 4.79 Å². The van der Waals surface area contributed by atoms with Gasteiger partial charge in [-0.25, -0.2) is 0 Å². The first kappa shape index (κ1) is 15.1. The van der Waals surface area contributed by atoms with Gasteiger partial charge in [-0.05, 0) is 24.5 Å². The molecule has 1 aromatic heterocycles. The van der Waals surface area contributed by atoms with Crippen molar-refractivity contribution in [1.29, 1.82) is 0 Å². The number of aromatic nitrogens is 1. The Labute approximate surface area is 126 Å². The topological polar surface area (TPSA) is 36.1 Å². The lowest BCUT2D eigenvalue weighted by atomic mass is 10.1. The van der Waals surface area contributed by atoms with Crippen LogP contribution in [0.5, 0.6) is 0 Å². The molecule has 0 atom stereocenters. The highest BCUT2D eigenvalue weighted by molar-refractivity contribution is 5.83. The van der Waals surface area contributed by atoms with Gasteiger partial charge in [0.2, 0.25) is 5.91 Å². The Morgan fingerprint density at radius 2 is 1.90 bits per heavy atom. The molecule has 0 radical (unpaired) electrons. The molecule has 0 aliphatic heterocycles. The minimum absolute atomic E-state index is 0.162. The number of nitrogens with one attached hydrogen (secondary N) is 1. The van der Waals surface area contributed by atoms with Crippen molar-refractivity contribution >= 4 is 16.8 Å². The molecule has 0 unspecified atom stereocenters. The van der Waals surface area contributed by atoms with E-state index in [4.69, 9.17) is 0 Å². The number of hydrogen-bond acceptors (Lipinski definition) is 1. The van der Waals surface area contributed by atoms with E-state index >= 15 is 0 Å².